The lowest BCUT2D eigenvalue weighted by molar-refractivity contribution is 0.0746. The molecule has 1 fully saturated rings. The molecule has 0 atom stereocenters. The summed E-state index contributed by atoms with van der Waals surface area (Å²) in [4.78, 5) is 17.1. The lowest BCUT2D eigenvalue weighted by Crippen LogP contribution is -2.48. The number of piperazine rings is 1. The number of hydrogen-bond donors (Lipinski definition) is 0. The Balaban J connectivity index is 1.70. The molecule has 1 amide bonds. The third kappa shape index (κ3) is 4.35. The highest BCUT2D eigenvalue weighted by molar-refractivity contribution is 9.10. The number of nitrogens with zero attached hydrogens (tertiary/aromatic N) is 2. The fourth-order valence-corrected chi connectivity index (χ4v) is 3.84. The summed E-state index contributed by atoms with van der Waals surface area (Å²) in [5, 5.41) is 0. The molecule has 2 aromatic rings. The average molecular weight is 449 g/mol. The van der Waals surface area contributed by atoms with Crippen LogP contribution in [0.2, 0.25) is 0 Å². The van der Waals surface area contributed by atoms with Crippen LogP contribution in [0.25, 0.3) is 0 Å². The largest absolute Gasteiger partial charge is 0.497 e. The number of carbonyl (C=O) groups is 1. The molecule has 2 aromatic carbocycles. The van der Waals surface area contributed by atoms with Gasteiger partial charge in [-0.25, -0.2) is 0 Å². The Morgan fingerprint density at radius 1 is 1.07 bits per heavy atom. The molecular weight excluding hydrogens is 424 g/mol. The number of ether oxygens (including phenoxy) is 3. The van der Waals surface area contributed by atoms with E-state index in [4.69, 9.17) is 14.2 Å². The molecular formula is C21H25BrN2O4. The Morgan fingerprint density at radius 3 is 2.46 bits per heavy atom. The van der Waals surface area contributed by atoms with Gasteiger partial charge in [-0.2, -0.15) is 0 Å². The molecule has 7 heteroatoms. The van der Waals surface area contributed by atoms with Crippen LogP contribution in [0.1, 0.15) is 17.3 Å². The van der Waals surface area contributed by atoms with Crippen molar-refractivity contribution in [1.29, 1.82) is 0 Å². The maximum Gasteiger partial charge on any atom is 0.254 e. The molecule has 0 N–H and O–H groups in total. The summed E-state index contributed by atoms with van der Waals surface area (Å²) in [7, 11) is 3.24. The standard InChI is InChI=1S/C21H25BrN2O4/c1-4-28-20-18(22)12-15(13-19(20)27-3)21(25)24-10-8-23(9-11-24)16-6-5-7-17(14-16)26-2/h5-7,12-14H,4,8-11H2,1-3H3. The molecule has 0 radical (unpaired) electrons. The van der Waals surface area contributed by atoms with Crippen molar-refractivity contribution in [3.05, 3.63) is 46.4 Å². The van der Waals surface area contributed by atoms with Crippen LogP contribution >= 0.6 is 15.9 Å². The molecule has 1 heterocycles. The fraction of sp³-hybridized carbons (Fsp3) is 0.381. The van der Waals surface area contributed by atoms with Crippen LogP contribution in [0.5, 0.6) is 17.2 Å². The third-order valence-electron chi connectivity index (χ3n) is 4.75. The first-order valence-electron chi connectivity index (χ1n) is 9.26. The van der Waals surface area contributed by atoms with Gasteiger partial charge in [0, 0.05) is 43.5 Å². The molecule has 150 valence electrons. The van der Waals surface area contributed by atoms with Gasteiger partial charge in [0.05, 0.1) is 25.3 Å². The van der Waals surface area contributed by atoms with E-state index in [1.165, 1.54) is 0 Å². The Morgan fingerprint density at radius 2 is 1.82 bits per heavy atom. The predicted octanol–water partition coefficient (Wildman–Crippen LogP) is 3.83. The van der Waals surface area contributed by atoms with E-state index in [1.807, 2.05) is 30.0 Å². The van der Waals surface area contributed by atoms with Crippen molar-refractivity contribution in [2.45, 2.75) is 6.92 Å². The molecule has 6 nitrogen and oxygen atoms in total. The van der Waals surface area contributed by atoms with Gasteiger partial charge >= 0.3 is 0 Å². The summed E-state index contributed by atoms with van der Waals surface area (Å²) in [5.41, 5.74) is 1.69. The lowest BCUT2D eigenvalue weighted by Gasteiger charge is -2.36. The van der Waals surface area contributed by atoms with Gasteiger partial charge in [0.1, 0.15) is 5.75 Å². The van der Waals surface area contributed by atoms with Crippen molar-refractivity contribution in [3.63, 3.8) is 0 Å². The number of benzene rings is 2. The minimum Gasteiger partial charge on any atom is -0.497 e. The van der Waals surface area contributed by atoms with Crippen LogP contribution in [-0.2, 0) is 0 Å². The summed E-state index contributed by atoms with van der Waals surface area (Å²) < 4.78 is 17.0. The van der Waals surface area contributed by atoms with E-state index < -0.39 is 0 Å². The van der Waals surface area contributed by atoms with E-state index in [0.29, 0.717) is 41.2 Å². The smallest absolute Gasteiger partial charge is 0.254 e. The van der Waals surface area contributed by atoms with E-state index in [9.17, 15) is 4.79 Å². The summed E-state index contributed by atoms with van der Waals surface area (Å²) in [5.74, 6) is 1.99. The zero-order valence-corrected chi connectivity index (χ0v) is 18.0. The topological polar surface area (TPSA) is 51.2 Å². The van der Waals surface area contributed by atoms with Gasteiger partial charge in [-0.15, -0.1) is 0 Å². The molecule has 28 heavy (non-hydrogen) atoms. The van der Waals surface area contributed by atoms with Crippen LogP contribution in [0.4, 0.5) is 5.69 Å². The summed E-state index contributed by atoms with van der Waals surface area (Å²) >= 11 is 3.49. The number of amides is 1. The second-order valence-electron chi connectivity index (χ2n) is 6.40. The molecule has 0 bridgehead atoms. The third-order valence-corrected chi connectivity index (χ3v) is 5.34. The molecule has 1 aliphatic rings. The van der Waals surface area contributed by atoms with Gasteiger partial charge in [0.2, 0.25) is 0 Å². The van der Waals surface area contributed by atoms with Crippen LogP contribution in [0.3, 0.4) is 0 Å². The van der Waals surface area contributed by atoms with Gasteiger partial charge in [-0.05, 0) is 47.1 Å². The van der Waals surface area contributed by atoms with E-state index >= 15 is 0 Å². The van der Waals surface area contributed by atoms with Crippen molar-refractivity contribution in [2.24, 2.45) is 0 Å². The Kier molecular flexibility index (Phi) is 6.67. The lowest BCUT2D eigenvalue weighted by atomic mass is 10.1. The fourth-order valence-electron chi connectivity index (χ4n) is 3.29. The SMILES string of the molecule is CCOc1c(Br)cc(C(=O)N2CCN(c3cccc(OC)c3)CC2)cc1OC. The van der Waals surface area contributed by atoms with Crippen molar-refractivity contribution in [2.75, 3.05) is 51.9 Å². The molecule has 0 aliphatic carbocycles. The molecule has 1 saturated heterocycles. The zero-order chi connectivity index (χ0) is 20.1. The van der Waals surface area contributed by atoms with Crippen molar-refractivity contribution in [1.82, 2.24) is 4.90 Å². The highest BCUT2D eigenvalue weighted by Gasteiger charge is 2.24. The summed E-state index contributed by atoms with van der Waals surface area (Å²) in [6.45, 7) is 5.29. The van der Waals surface area contributed by atoms with E-state index in [-0.39, 0.29) is 5.91 Å². The predicted molar refractivity (Wildman–Crippen MR) is 113 cm³/mol. The van der Waals surface area contributed by atoms with Gasteiger partial charge in [0.25, 0.3) is 5.91 Å². The molecule has 3 rings (SSSR count). The molecule has 0 saturated carbocycles. The first kappa shape index (κ1) is 20.3. The number of carbonyl (C=O) groups excluding carboxylic acids is 1. The average Bonchev–Trinajstić information content (AvgIpc) is 2.74. The number of anilines is 1. The first-order chi connectivity index (χ1) is 13.6. The van der Waals surface area contributed by atoms with Crippen LogP contribution in [0.15, 0.2) is 40.9 Å². The van der Waals surface area contributed by atoms with Gasteiger partial charge < -0.3 is 24.0 Å². The monoisotopic (exact) mass is 448 g/mol. The molecule has 0 aromatic heterocycles. The normalized spacial score (nSPS) is 14.0. The number of halogens is 1. The van der Waals surface area contributed by atoms with Gasteiger partial charge in [0.15, 0.2) is 11.5 Å². The van der Waals surface area contributed by atoms with E-state index in [0.717, 1.165) is 24.5 Å². The van der Waals surface area contributed by atoms with Crippen molar-refractivity contribution >= 4 is 27.5 Å². The molecule has 0 unspecified atom stereocenters. The molecule has 0 spiro atoms. The Labute approximate surface area is 174 Å². The quantitative estimate of drug-likeness (QED) is 0.671. The van der Waals surface area contributed by atoms with Crippen LogP contribution in [-0.4, -0.2) is 57.8 Å². The zero-order valence-electron chi connectivity index (χ0n) is 16.4. The Bertz CT molecular complexity index is 835. The molecule has 1 aliphatic heterocycles. The number of hydrogen-bond acceptors (Lipinski definition) is 5. The second-order valence-corrected chi connectivity index (χ2v) is 7.26. The van der Waals surface area contributed by atoms with Crippen LogP contribution in [0, 0.1) is 0 Å². The number of methoxy groups -OCH3 is 2. The first-order valence-corrected chi connectivity index (χ1v) is 10.0. The maximum absolute atomic E-state index is 13.0. The van der Waals surface area contributed by atoms with Gasteiger partial charge in [-0.1, -0.05) is 6.07 Å². The van der Waals surface area contributed by atoms with Crippen LogP contribution < -0.4 is 19.1 Å². The maximum atomic E-state index is 13.0. The summed E-state index contributed by atoms with van der Waals surface area (Å²) in [6.07, 6.45) is 0. The highest BCUT2D eigenvalue weighted by Crippen LogP contribution is 2.37. The van der Waals surface area contributed by atoms with E-state index in [1.54, 1.807) is 26.4 Å². The van der Waals surface area contributed by atoms with E-state index in [2.05, 4.69) is 26.9 Å². The van der Waals surface area contributed by atoms with Crippen molar-refractivity contribution < 1.29 is 19.0 Å². The summed E-state index contributed by atoms with van der Waals surface area (Å²) in [6, 6.07) is 11.5. The highest BCUT2D eigenvalue weighted by atomic mass is 79.9. The van der Waals surface area contributed by atoms with Crippen molar-refractivity contribution in [3.8, 4) is 17.2 Å². The van der Waals surface area contributed by atoms with Gasteiger partial charge in [-0.3, -0.25) is 4.79 Å². The second kappa shape index (κ2) is 9.19. The minimum absolute atomic E-state index is 0.00709. The Hall–Kier alpha value is -2.41. The number of rotatable bonds is 6. The minimum atomic E-state index is -0.00709.